The zero-order valence-electron chi connectivity index (χ0n) is 12.5. The normalized spacial score (nSPS) is 35.8. The predicted octanol–water partition coefficient (Wildman–Crippen LogP) is 1.78. The van der Waals surface area contributed by atoms with Crippen molar-refractivity contribution < 1.29 is 4.79 Å². The fraction of sp³-hybridized carbons (Fsp3) is 0.938. The van der Waals surface area contributed by atoms with E-state index in [1.165, 1.54) is 51.4 Å². The largest absolute Gasteiger partial charge is 0.352 e. The van der Waals surface area contributed by atoms with Gasteiger partial charge in [0.2, 0.25) is 5.91 Å². The SMILES string of the molecule is NC1CC2CCC(C1)N2CC(=O)NC1CCCCCC1. The zero-order valence-corrected chi connectivity index (χ0v) is 12.5. The average Bonchev–Trinajstić information content (AvgIpc) is 2.64. The molecule has 2 saturated heterocycles. The molecule has 2 bridgehead atoms. The van der Waals surface area contributed by atoms with Gasteiger partial charge in [-0.3, -0.25) is 9.69 Å². The third kappa shape index (κ3) is 3.34. The zero-order chi connectivity index (χ0) is 13.9. The minimum Gasteiger partial charge on any atom is -0.352 e. The Balaban J connectivity index is 1.49. The van der Waals surface area contributed by atoms with E-state index in [1.807, 2.05) is 0 Å². The molecule has 0 aromatic rings. The molecule has 4 heteroatoms. The molecule has 2 aliphatic heterocycles. The second kappa shape index (κ2) is 6.44. The van der Waals surface area contributed by atoms with Crippen LogP contribution in [0, 0.1) is 0 Å². The van der Waals surface area contributed by atoms with Gasteiger partial charge in [0.15, 0.2) is 0 Å². The molecule has 0 aromatic heterocycles. The Kier molecular flexibility index (Phi) is 4.61. The Morgan fingerprint density at radius 3 is 2.20 bits per heavy atom. The third-order valence-corrected chi connectivity index (χ3v) is 5.47. The quantitative estimate of drug-likeness (QED) is 0.774. The molecule has 3 N–H and O–H groups in total. The molecule has 3 aliphatic rings. The van der Waals surface area contributed by atoms with Crippen LogP contribution >= 0.6 is 0 Å². The van der Waals surface area contributed by atoms with Gasteiger partial charge in [-0.2, -0.15) is 0 Å². The van der Waals surface area contributed by atoms with Crippen molar-refractivity contribution in [3.63, 3.8) is 0 Å². The maximum Gasteiger partial charge on any atom is 0.234 e. The third-order valence-electron chi connectivity index (χ3n) is 5.47. The number of hydrogen-bond acceptors (Lipinski definition) is 3. The van der Waals surface area contributed by atoms with Crippen molar-refractivity contribution in [2.75, 3.05) is 6.54 Å². The smallest absolute Gasteiger partial charge is 0.234 e. The topological polar surface area (TPSA) is 58.4 Å². The van der Waals surface area contributed by atoms with Gasteiger partial charge in [0.25, 0.3) is 0 Å². The van der Waals surface area contributed by atoms with E-state index in [1.54, 1.807) is 0 Å². The number of carbonyl (C=O) groups is 1. The molecule has 20 heavy (non-hydrogen) atoms. The van der Waals surface area contributed by atoms with Crippen LogP contribution in [0.2, 0.25) is 0 Å². The summed E-state index contributed by atoms with van der Waals surface area (Å²) in [6.45, 7) is 0.596. The highest BCUT2D eigenvalue weighted by atomic mass is 16.2. The van der Waals surface area contributed by atoms with Gasteiger partial charge in [-0.05, 0) is 38.5 Å². The van der Waals surface area contributed by atoms with Crippen LogP contribution < -0.4 is 11.1 Å². The summed E-state index contributed by atoms with van der Waals surface area (Å²) in [5, 5.41) is 3.27. The minimum absolute atomic E-state index is 0.240. The van der Waals surface area contributed by atoms with Gasteiger partial charge in [-0.1, -0.05) is 25.7 Å². The first-order valence-corrected chi connectivity index (χ1v) is 8.53. The van der Waals surface area contributed by atoms with E-state index in [9.17, 15) is 4.79 Å². The van der Waals surface area contributed by atoms with Crippen molar-refractivity contribution in [3.8, 4) is 0 Å². The summed E-state index contributed by atoms with van der Waals surface area (Å²) >= 11 is 0. The summed E-state index contributed by atoms with van der Waals surface area (Å²) in [6.07, 6.45) is 12.2. The number of hydrogen-bond donors (Lipinski definition) is 2. The van der Waals surface area contributed by atoms with E-state index >= 15 is 0 Å². The number of nitrogens with zero attached hydrogens (tertiary/aromatic N) is 1. The standard InChI is InChI=1S/C16H29N3O/c17-12-9-14-7-8-15(10-12)19(14)11-16(20)18-13-5-3-1-2-4-6-13/h12-15H,1-11,17H2,(H,18,20). The number of carbonyl (C=O) groups excluding carboxylic acids is 1. The van der Waals surface area contributed by atoms with Crippen molar-refractivity contribution in [2.45, 2.75) is 88.4 Å². The first-order chi connectivity index (χ1) is 9.72. The van der Waals surface area contributed by atoms with Gasteiger partial charge in [0.1, 0.15) is 0 Å². The Morgan fingerprint density at radius 1 is 1.00 bits per heavy atom. The van der Waals surface area contributed by atoms with Gasteiger partial charge in [0.05, 0.1) is 6.54 Å². The van der Waals surface area contributed by atoms with Gasteiger partial charge in [-0.15, -0.1) is 0 Å². The number of fused-ring (bicyclic) bond motifs is 2. The number of nitrogens with two attached hydrogens (primary N) is 1. The van der Waals surface area contributed by atoms with E-state index in [-0.39, 0.29) is 5.91 Å². The van der Waals surface area contributed by atoms with E-state index in [0.717, 1.165) is 12.8 Å². The molecule has 1 saturated carbocycles. The average molecular weight is 279 g/mol. The molecule has 114 valence electrons. The van der Waals surface area contributed by atoms with Gasteiger partial charge < -0.3 is 11.1 Å². The van der Waals surface area contributed by atoms with E-state index in [4.69, 9.17) is 5.73 Å². The fourth-order valence-corrected chi connectivity index (χ4v) is 4.44. The number of nitrogens with one attached hydrogen (secondary N) is 1. The summed E-state index contributed by atoms with van der Waals surface area (Å²) in [5.74, 6) is 0.240. The van der Waals surface area contributed by atoms with Crippen LogP contribution in [0.25, 0.3) is 0 Å². The van der Waals surface area contributed by atoms with Gasteiger partial charge >= 0.3 is 0 Å². The Labute approximate surface area is 122 Å². The first-order valence-electron chi connectivity index (χ1n) is 8.53. The molecule has 2 heterocycles. The van der Waals surface area contributed by atoms with Crippen LogP contribution in [-0.2, 0) is 4.79 Å². The second-order valence-corrected chi connectivity index (χ2v) is 7.04. The Morgan fingerprint density at radius 2 is 1.60 bits per heavy atom. The van der Waals surface area contributed by atoms with Crippen molar-refractivity contribution in [1.29, 1.82) is 0 Å². The highest BCUT2D eigenvalue weighted by molar-refractivity contribution is 5.78. The van der Waals surface area contributed by atoms with E-state index < -0.39 is 0 Å². The number of rotatable bonds is 3. The summed E-state index contributed by atoms with van der Waals surface area (Å²) in [6, 6.07) is 1.90. The summed E-state index contributed by atoms with van der Waals surface area (Å²) < 4.78 is 0. The molecule has 0 aromatic carbocycles. The molecule has 3 fully saturated rings. The van der Waals surface area contributed by atoms with Gasteiger partial charge in [-0.25, -0.2) is 0 Å². The lowest BCUT2D eigenvalue weighted by Crippen LogP contribution is -2.51. The van der Waals surface area contributed by atoms with Crippen LogP contribution in [0.5, 0.6) is 0 Å². The summed E-state index contributed by atoms with van der Waals surface area (Å²) in [4.78, 5) is 14.7. The van der Waals surface area contributed by atoms with Crippen LogP contribution in [0.3, 0.4) is 0 Å². The monoisotopic (exact) mass is 279 g/mol. The predicted molar refractivity (Wildman–Crippen MR) is 80.4 cm³/mol. The molecule has 2 unspecified atom stereocenters. The van der Waals surface area contributed by atoms with Gasteiger partial charge in [0, 0.05) is 24.2 Å². The fourth-order valence-electron chi connectivity index (χ4n) is 4.44. The molecule has 0 spiro atoms. The van der Waals surface area contributed by atoms with Crippen LogP contribution in [0.4, 0.5) is 0 Å². The molecular formula is C16H29N3O. The van der Waals surface area contributed by atoms with Crippen molar-refractivity contribution >= 4 is 5.91 Å². The maximum absolute atomic E-state index is 12.3. The van der Waals surface area contributed by atoms with Crippen molar-refractivity contribution in [1.82, 2.24) is 10.2 Å². The van der Waals surface area contributed by atoms with Crippen LogP contribution in [0.1, 0.15) is 64.2 Å². The van der Waals surface area contributed by atoms with Crippen LogP contribution in [0.15, 0.2) is 0 Å². The first kappa shape index (κ1) is 14.3. The molecule has 1 aliphatic carbocycles. The Hall–Kier alpha value is -0.610. The number of amides is 1. The van der Waals surface area contributed by atoms with Crippen molar-refractivity contribution in [2.24, 2.45) is 5.73 Å². The lowest BCUT2D eigenvalue weighted by Gasteiger charge is -2.37. The minimum atomic E-state index is 0.240. The molecule has 0 radical (unpaired) electrons. The molecule has 4 nitrogen and oxygen atoms in total. The Bertz CT molecular complexity index is 325. The molecule has 3 rings (SSSR count). The highest BCUT2D eigenvalue weighted by Crippen LogP contribution is 2.34. The maximum atomic E-state index is 12.3. The molecular weight excluding hydrogens is 250 g/mol. The lowest BCUT2D eigenvalue weighted by molar-refractivity contribution is -0.124. The summed E-state index contributed by atoms with van der Waals surface area (Å²) in [7, 11) is 0. The highest BCUT2D eigenvalue weighted by Gasteiger charge is 2.40. The van der Waals surface area contributed by atoms with Crippen molar-refractivity contribution in [3.05, 3.63) is 0 Å². The molecule has 1 amide bonds. The van der Waals surface area contributed by atoms with Crippen LogP contribution in [-0.4, -0.2) is 41.5 Å². The summed E-state index contributed by atoms with van der Waals surface area (Å²) in [5.41, 5.74) is 6.09. The molecule has 2 atom stereocenters. The second-order valence-electron chi connectivity index (χ2n) is 7.04. The number of piperidine rings is 1. The van der Waals surface area contributed by atoms with E-state index in [0.29, 0.717) is 30.7 Å². The van der Waals surface area contributed by atoms with E-state index in [2.05, 4.69) is 10.2 Å². The lowest BCUT2D eigenvalue weighted by atomic mass is 9.98.